The molecule has 2 amide bonds. The van der Waals surface area contributed by atoms with Crippen molar-refractivity contribution in [3.05, 3.63) is 48.0 Å². The van der Waals surface area contributed by atoms with Gasteiger partial charge in [0.1, 0.15) is 18.1 Å². The van der Waals surface area contributed by atoms with E-state index in [9.17, 15) is 19.8 Å². The van der Waals surface area contributed by atoms with Crippen LogP contribution in [0.4, 0.5) is 4.79 Å². The SMILES string of the molecule is CNC(=O)OCCNC(=O)c1nnc(-c2cc(C(C)C)c(O)cc2O)n1-c1cccnc1. The van der Waals surface area contributed by atoms with E-state index < -0.39 is 12.0 Å². The van der Waals surface area contributed by atoms with Crippen molar-refractivity contribution in [3.8, 4) is 28.6 Å². The zero-order valence-electron chi connectivity index (χ0n) is 17.9. The fourth-order valence-corrected chi connectivity index (χ4v) is 3.03. The average Bonchev–Trinajstić information content (AvgIpc) is 3.21. The minimum absolute atomic E-state index is 0.0211. The number of phenols is 2. The minimum Gasteiger partial charge on any atom is -0.508 e. The molecule has 1 aromatic carbocycles. The first kappa shape index (κ1) is 22.5. The number of rotatable bonds is 7. The van der Waals surface area contributed by atoms with Gasteiger partial charge in [0.2, 0.25) is 5.82 Å². The highest BCUT2D eigenvalue weighted by Crippen LogP contribution is 2.38. The fourth-order valence-electron chi connectivity index (χ4n) is 3.03. The van der Waals surface area contributed by atoms with Gasteiger partial charge in [-0.15, -0.1) is 10.2 Å². The molecule has 11 heteroatoms. The van der Waals surface area contributed by atoms with Crippen LogP contribution in [0.25, 0.3) is 17.1 Å². The van der Waals surface area contributed by atoms with Gasteiger partial charge in [0.15, 0.2) is 5.82 Å². The molecule has 0 fully saturated rings. The first-order valence-electron chi connectivity index (χ1n) is 9.88. The van der Waals surface area contributed by atoms with Crippen molar-refractivity contribution in [2.24, 2.45) is 0 Å². The second kappa shape index (κ2) is 9.77. The van der Waals surface area contributed by atoms with Gasteiger partial charge in [-0.3, -0.25) is 14.3 Å². The van der Waals surface area contributed by atoms with E-state index in [1.165, 1.54) is 23.9 Å². The standard InChI is InChI=1S/C21H24N6O5/c1-12(2)14-9-15(17(29)10-16(14)28)18-25-26-19(27(18)13-5-4-6-23-11-13)20(30)24-7-8-32-21(31)22-3/h4-6,9-12,28-29H,7-8H2,1-3H3,(H,22,31)(H,24,30). The Morgan fingerprint density at radius 1 is 1.19 bits per heavy atom. The Morgan fingerprint density at radius 3 is 2.62 bits per heavy atom. The van der Waals surface area contributed by atoms with Crippen LogP contribution in [0, 0.1) is 0 Å². The Balaban J connectivity index is 2.01. The molecule has 0 saturated heterocycles. The molecule has 0 unspecified atom stereocenters. The lowest BCUT2D eigenvalue weighted by Gasteiger charge is -2.14. The van der Waals surface area contributed by atoms with E-state index >= 15 is 0 Å². The summed E-state index contributed by atoms with van der Waals surface area (Å²) in [6.45, 7) is 3.84. The van der Waals surface area contributed by atoms with Crippen molar-refractivity contribution in [1.82, 2.24) is 30.4 Å². The number of carbonyl (C=O) groups is 2. The average molecular weight is 440 g/mol. The van der Waals surface area contributed by atoms with Crippen LogP contribution in [-0.2, 0) is 4.74 Å². The normalized spacial score (nSPS) is 10.8. The summed E-state index contributed by atoms with van der Waals surface area (Å²) >= 11 is 0. The molecular formula is C21H24N6O5. The quantitative estimate of drug-likeness (QED) is 0.407. The number of aromatic hydroxyl groups is 2. The van der Waals surface area contributed by atoms with Crippen LogP contribution < -0.4 is 10.6 Å². The Bertz CT molecular complexity index is 1110. The lowest BCUT2D eigenvalue weighted by molar-refractivity contribution is 0.0922. The van der Waals surface area contributed by atoms with Crippen LogP contribution >= 0.6 is 0 Å². The van der Waals surface area contributed by atoms with Crippen LogP contribution in [0.1, 0.15) is 35.9 Å². The monoisotopic (exact) mass is 440 g/mol. The second-order valence-corrected chi connectivity index (χ2v) is 7.12. The number of nitrogens with zero attached hydrogens (tertiary/aromatic N) is 4. The van der Waals surface area contributed by atoms with Gasteiger partial charge < -0.3 is 25.6 Å². The first-order chi connectivity index (χ1) is 15.3. The molecule has 0 atom stereocenters. The Kier molecular flexibility index (Phi) is 6.88. The van der Waals surface area contributed by atoms with Gasteiger partial charge in [0, 0.05) is 19.3 Å². The highest BCUT2D eigenvalue weighted by atomic mass is 16.5. The predicted octanol–water partition coefficient (Wildman–Crippen LogP) is 1.95. The first-order valence-corrected chi connectivity index (χ1v) is 9.88. The number of hydrogen-bond donors (Lipinski definition) is 4. The second-order valence-electron chi connectivity index (χ2n) is 7.12. The van der Waals surface area contributed by atoms with Crippen molar-refractivity contribution >= 4 is 12.0 Å². The molecule has 0 saturated carbocycles. The van der Waals surface area contributed by atoms with Crippen LogP contribution in [0.2, 0.25) is 0 Å². The molecule has 0 aliphatic heterocycles. The molecule has 2 aromatic heterocycles. The van der Waals surface area contributed by atoms with Gasteiger partial charge >= 0.3 is 6.09 Å². The summed E-state index contributed by atoms with van der Waals surface area (Å²) in [4.78, 5) is 28.0. The predicted molar refractivity (Wildman–Crippen MR) is 115 cm³/mol. The van der Waals surface area contributed by atoms with E-state index in [4.69, 9.17) is 4.74 Å². The lowest BCUT2D eigenvalue weighted by Crippen LogP contribution is -2.31. The van der Waals surface area contributed by atoms with E-state index in [0.717, 1.165) is 0 Å². The molecule has 11 nitrogen and oxygen atoms in total. The minimum atomic E-state index is -0.608. The molecule has 3 aromatic rings. The Morgan fingerprint density at radius 2 is 1.97 bits per heavy atom. The van der Waals surface area contributed by atoms with E-state index in [1.807, 2.05) is 13.8 Å². The third-order valence-electron chi connectivity index (χ3n) is 4.60. The van der Waals surface area contributed by atoms with E-state index in [-0.39, 0.29) is 42.2 Å². The zero-order chi connectivity index (χ0) is 23.3. The number of hydrogen-bond acceptors (Lipinski definition) is 8. The molecule has 4 N–H and O–H groups in total. The van der Waals surface area contributed by atoms with Crippen molar-refractivity contribution in [3.63, 3.8) is 0 Å². The molecule has 0 radical (unpaired) electrons. The van der Waals surface area contributed by atoms with E-state index in [0.29, 0.717) is 16.8 Å². The molecule has 32 heavy (non-hydrogen) atoms. The van der Waals surface area contributed by atoms with Gasteiger partial charge in [-0.25, -0.2) is 4.79 Å². The van der Waals surface area contributed by atoms with Gasteiger partial charge in [-0.1, -0.05) is 13.8 Å². The summed E-state index contributed by atoms with van der Waals surface area (Å²) < 4.78 is 6.31. The molecule has 3 rings (SSSR count). The molecule has 2 heterocycles. The van der Waals surface area contributed by atoms with Crippen LogP contribution in [0.5, 0.6) is 11.5 Å². The number of carbonyl (C=O) groups excluding carboxylic acids is 2. The Labute approximate surface area is 184 Å². The third kappa shape index (κ3) is 4.77. The molecule has 0 bridgehead atoms. The summed E-state index contributed by atoms with van der Waals surface area (Å²) in [6, 6.07) is 6.26. The summed E-state index contributed by atoms with van der Waals surface area (Å²) in [7, 11) is 1.43. The largest absolute Gasteiger partial charge is 0.508 e. The smallest absolute Gasteiger partial charge is 0.406 e. The van der Waals surface area contributed by atoms with Crippen molar-refractivity contribution in [2.45, 2.75) is 19.8 Å². The molecular weight excluding hydrogens is 416 g/mol. The van der Waals surface area contributed by atoms with Crippen molar-refractivity contribution in [2.75, 3.05) is 20.2 Å². The maximum absolute atomic E-state index is 12.8. The molecule has 168 valence electrons. The molecule has 0 spiro atoms. The summed E-state index contributed by atoms with van der Waals surface area (Å²) in [5, 5.41) is 33.8. The summed E-state index contributed by atoms with van der Waals surface area (Å²) in [5.41, 5.74) is 1.40. The number of nitrogens with one attached hydrogen (secondary N) is 2. The van der Waals surface area contributed by atoms with Crippen LogP contribution in [0.15, 0.2) is 36.7 Å². The van der Waals surface area contributed by atoms with Gasteiger partial charge in [0.25, 0.3) is 5.91 Å². The van der Waals surface area contributed by atoms with Gasteiger partial charge in [-0.2, -0.15) is 0 Å². The topological polar surface area (TPSA) is 151 Å². The number of aromatic nitrogens is 4. The zero-order valence-corrected chi connectivity index (χ0v) is 17.9. The maximum Gasteiger partial charge on any atom is 0.406 e. The van der Waals surface area contributed by atoms with Crippen molar-refractivity contribution in [1.29, 1.82) is 0 Å². The number of phenolic OH excluding ortho intramolecular Hbond substituents is 2. The fraction of sp³-hybridized carbons (Fsp3) is 0.286. The molecule has 0 aliphatic carbocycles. The summed E-state index contributed by atoms with van der Waals surface area (Å²) in [6.07, 6.45) is 2.50. The number of pyridine rings is 1. The van der Waals surface area contributed by atoms with Crippen LogP contribution in [0.3, 0.4) is 0 Å². The maximum atomic E-state index is 12.8. The third-order valence-corrected chi connectivity index (χ3v) is 4.60. The van der Waals surface area contributed by atoms with Crippen LogP contribution in [-0.4, -0.2) is 62.2 Å². The highest BCUT2D eigenvalue weighted by Gasteiger charge is 2.24. The number of ether oxygens (including phenoxy) is 1. The van der Waals surface area contributed by atoms with Crippen molar-refractivity contribution < 1.29 is 24.5 Å². The lowest BCUT2D eigenvalue weighted by atomic mass is 9.98. The Hall–Kier alpha value is -4.15. The number of benzene rings is 1. The van der Waals surface area contributed by atoms with Gasteiger partial charge in [0.05, 0.1) is 24.0 Å². The summed E-state index contributed by atoms with van der Waals surface area (Å²) in [5.74, 6) is -0.684. The van der Waals surface area contributed by atoms with E-state index in [2.05, 4.69) is 25.8 Å². The number of amides is 2. The van der Waals surface area contributed by atoms with E-state index in [1.54, 1.807) is 24.4 Å². The molecule has 0 aliphatic rings. The highest BCUT2D eigenvalue weighted by molar-refractivity contribution is 5.92. The number of alkyl carbamates (subject to hydrolysis) is 1. The van der Waals surface area contributed by atoms with Gasteiger partial charge in [-0.05, 0) is 29.7 Å².